The van der Waals surface area contributed by atoms with E-state index in [0.29, 0.717) is 37.6 Å². The summed E-state index contributed by atoms with van der Waals surface area (Å²) in [6.45, 7) is 3.96. The number of thiophene rings is 1. The average Bonchev–Trinajstić information content (AvgIpc) is 3.86. The molecule has 5 aromatic rings. The van der Waals surface area contributed by atoms with E-state index in [9.17, 15) is 19.2 Å². The molecule has 3 aromatic heterocycles. The van der Waals surface area contributed by atoms with Crippen LogP contribution in [-0.4, -0.2) is 84.2 Å². The van der Waals surface area contributed by atoms with E-state index in [1.807, 2.05) is 47.0 Å². The topological polar surface area (TPSA) is 136 Å². The second-order valence-corrected chi connectivity index (χ2v) is 14.4. The van der Waals surface area contributed by atoms with Gasteiger partial charge in [0.15, 0.2) is 5.82 Å². The summed E-state index contributed by atoms with van der Waals surface area (Å²) in [7, 11) is 1.39. The fourth-order valence-electron chi connectivity index (χ4n) is 7.43. The number of hydrogen-bond acceptors (Lipinski definition) is 10. The Kier molecular flexibility index (Phi) is 7.63. The molecule has 9 rings (SSSR count). The van der Waals surface area contributed by atoms with Gasteiger partial charge in [0.1, 0.15) is 23.5 Å². The molecule has 1 atom stereocenters. The van der Waals surface area contributed by atoms with Crippen LogP contribution in [0.5, 0.6) is 0 Å². The molecule has 0 N–H and O–H groups in total. The molecule has 0 bridgehead atoms. The Balaban J connectivity index is 0.946. The number of carbonyl (C=O) groups is 4. The maximum Gasteiger partial charge on any atom is 0.264 e. The van der Waals surface area contributed by atoms with Gasteiger partial charge in [-0.25, -0.2) is 0 Å². The van der Waals surface area contributed by atoms with E-state index >= 15 is 0 Å². The number of benzene rings is 2. The largest absolute Gasteiger partial charge is 0.369 e. The summed E-state index contributed by atoms with van der Waals surface area (Å²) in [5, 5.41) is 14.3. The Morgan fingerprint density at radius 1 is 0.962 bits per heavy atom. The molecule has 0 spiro atoms. The van der Waals surface area contributed by atoms with E-state index < -0.39 is 23.8 Å². The van der Waals surface area contributed by atoms with Crippen molar-refractivity contribution < 1.29 is 23.9 Å². The number of imide groups is 2. The SMILES string of the molecule is Cc1nnc2n1-c1sc(C#Cc3cnn(C4CN(c5cccc6c5C(=O)N(C5CCC(=O)N(C)C5=O)C6=O)C4)c3)c(Cc3ccccc3)c1COC2. The summed E-state index contributed by atoms with van der Waals surface area (Å²) in [4.78, 5) is 57.1. The zero-order chi connectivity index (χ0) is 35.7. The summed E-state index contributed by atoms with van der Waals surface area (Å²) in [5.74, 6) is 6.51. The first-order valence-electron chi connectivity index (χ1n) is 17.1. The summed E-state index contributed by atoms with van der Waals surface area (Å²) < 4.78 is 10.0. The van der Waals surface area contributed by atoms with Crippen molar-refractivity contribution in [2.75, 3.05) is 25.0 Å². The number of aromatic nitrogens is 5. The number of carbonyl (C=O) groups excluding carboxylic acids is 4. The predicted molar refractivity (Wildman–Crippen MR) is 189 cm³/mol. The highest BCUT2D eigenvalue weighted by molar-refractivity contribution is 7.15. The first-order valence-corrected chi connectivity index (χ1v) is 17.9. The van der Waals surface area contributed by atoms with E-state index in [1.54, 1.807) is 29.7 Å². The monoisotopic (exact) mass is 712 g/mol. The van der Waals surface area contributed by atoms with E-state index in [1.165, 1.54) is 12.6 Å². The number of hydrogen-bond donors (Lipinski definition) is 0. The van der Waals surface area contributed by atoms with Crippen molar-refractivity contribution in [3.05, 3.63) is 111 Å². The Morgan fingerprint density at radius 3 is 2.62 bits per heavy atom. The molecule has 0 saturated carbocycles. The minimum Gasteiger partial charge on any atom is -0.369 e. The molecule has 14 heteroatoms. The van der Waals surface area contributed by atoms with Gasteiger partial charge in [0, 0.05) is 38.3 Å². The molecule has 1 unspecified atom stereocenters. The number of likely N-dealkylation sites (tertiary alicyclic amines) is 1. The van der Waals surface area contributed by atoms with Crippen molar-refractivity contribution in [1.82, 2.24) is 34.3 Å². The average molecular weight is 713 g/mol. The van der Waals surface area contributed by atoms with E-state index in [-0.39, 0.29) is 30.4 Å². The van der Waals surface area contributed by atoms with Gasteiger partial charge < -0.3 is 9.64 Å². The normalized spacial score (nSPS) is 18.5. The third kappa shape index (κ3) is 5.15. The molecule has 52 heavy (non-hydrogen) atoms. The quantitative estimate of drug-likeness (QED) is 0.198. The summed E-state index contributed by atoms with van der Waals surface area (Å²) in [5.41, 5.74) is 5.43. The van der Waals surface area contributed by atoms with E-state index in [0.717, 1.165) is 54.4 Å². The smallest absolute Gasteiger partial charge is 0.264 e. The van der Waals surface area contributed by atoms with Crippen LogP contribution in [0.4, 0.5) is 5.69 Å². The van der Waals surface area contributed by atoms with Crippen molar-refractivity contribution in [3.63, 3.8) is 0 Å². The minimum atomic E-state index is -0.993. The molecule has 7 heterocycles. The number of likely N-dealkylation sites (N-methyl/N-ethyl adjacent to an activating group) is 1. The standard InChI is InChI=1S/C38H32N8O5S/c1-22-40-41-32-21-51-20-28-27(15-23-7-4-3-5-8-23)31(52-38(28)45(22)32)13-11-24-16-39-44(17-24)25-18-43(19-25)29-10-6-9-26-34(29)37(50)46(35(26)48)30-12-14-33(47)42(2)36(30)49/h3-10,16-17,25,30H,12,14-15,18-21H2,1-2H3. The van der Waals surface area contributed by atoms with Crippen LogP contribution in [0.3, 0.4) is 0 Å². The second-order valence-electron chi connectivity index (χ2n) is 13.4. The Morgan fingerprint density at radius 2 is 1.79 bits per heavy atom. The van der Waals surface area contributed by atoms with Gasteiger partial charge in [-0.3, -0.25) is 38.2 Å². The molecule has 4 aliphatic rings. The minimum absolute atomic E-state index is 0.0352. The summed E-state index contributed by atoms with van der Waals surface area (Å²) in [6, 6.07) is 14.6. The van der Waals surface area contributed by atoms with Gasteiger partial charge in [-0.1, -0.05) is 48.2 Å². The lowest BCUT2D eigenvalue weighted by Crippen LogP contribution is -2.54. The van der Waals surface area contributed by atoms with Gasteiger partial charge in [-0.2, -0.15) is 5.10 Å². The molecule has 4 aliphatic heterocycles. The van der Waals surface area contributed by atoms with Crippen LogP contribution < -0.4 is 4.90 Å². The maximum absolute atomic E-state index is 13.7. The second kappa shape index (κ2) is 12.4. The number of amides is 4. The number of anilines is 1. The van der Waals surface area contributed by atoms with Gasteiger partial charge in [0.05, 0.1) is 46.1 Å². The Hall–Kier alpha value is -5.91. The van der Waals surface area contributed by atoms with Crippen molar-refractivity contribution in [3.8, 4) is 16.8 Å². The third-order valence-electron chi connectivity index (χ3n) is 10.2. The number of piperidine rings is 1. The van der Waals surface area contributed by atoms with Crippen LogP contribution in [0.2, 0.25) is 0 Å². The molecule has 13 nitrogen and oxygen atoms in total. The van der Waals surface area contributed by atoms with Gasteiger partial charge in [0.2, 0.25) is 5.91 Å². The van der Waals surface area contributed by atoms with Crippen LogP contribution in [0.1, 0.15) is 78.4 Å². The van der Waals surface area contributed by atoms with Crippen LogP contribution in [-0.2, 0) is 34.0 Å². The van der Waals surface area contributed by atoms with Crippen molar-refractivity contribution in [1.29, 1.82) is 0 Å². The van der Waals surface area contributed by atoms with Crippen LogP contribution in [0, 0.1) is 18.8 Å². The van der Waals surface area contributed by atoms with Crippen molar-refractivity contribution in [2.24, 2.45) is 0 Å². The zero-order valence-electron chi connectivity index (χ0n) is 28.4. The van der Waals surface area contributed by atoms with Gasteiger partial charge in [0.25, 0.3) is 17.7 Å². The molecule has 2 aromatic carbocycles. The first kappa shape index (κ1) is 32.0. The van der Waals surface area contributed by atoms with Crippen LogP contribution in [0.25, 0.3) is 5.00 Å². The molecular weight excluding hydrogens is 681 g/mol. The van der Waals surface area contributed by atoms with Gasteiger partial charge in [-0.05, 0) is 43.0 Å². The highest BCUT2D eigenvalue weighted by Crippen LogP contribution is 2.39. The highest BCUT2D eigenvalue weighted by Gasteiger charge is 2.48. The number of nitrogens with zero attached hydrogens (tertiary/aromatic N) is 8. The number of rotatable bonds is 5. The van der Waals surface area contributed by atoms with Crippen molar-refractivity contribution >= 4 is 40.7 Å². The molecule has 0 radical (unpaired) electrons. The molecule has 2 fully saturated rings. The van der Waals surface area contributed by atoms with Crippen molar-refractivity contribution in [2.45, 2.75) is 51.5 Å². The summed E-state index contributed by atoms with van der Waals surface area (Å²) in [6.07, 6.45) is 4.64. The fraction of sp³-hybridized carbons (Fsp3) is 0.289. The molecule has 0 aliphatic carbocycles. The molecular formula is C38H32N8O5S. The van der Waals surface area contributed by atoms with E-state index in [4.69, 9.17) is 4.74 Å². The van der Waals surface area contributed by atoms with Crippen LogP contribution >= 0.6 is 11.3 Å². The lowest BCUT2D eigenvalue weighted by Gasteiger charge is -2.41. The molecule has 2 saturated heterocycles. The number of fused-ring (bicyclic) bond motifs is 4. The molecule has 260 valence electrons. The fourth-order valence-corrected chi connectivity index (χ4v) is 8.68. The summed E-state index contributed by atoms with van der Waals surface area (Å²) >= 11 is 1.63. The molecule has 4 amide bonds. The lowest BCUT2D eigenvalue weighted by molar-refractivity contribution is -0.149. The maximum atomic E-state index is 13.7. The number of ether oxygens (including phenoxy) is 1. The third-order valence-corrected chi connectivity index (χ3v) is 11.4. The zero-order valence-corrected chi connectivity index (χ0v) is 29.2. The Bertz CT molecular complexity index is 2380. The van der Waals surface area contributed by atoms with Crippen LogP contribution in [0.15, 0.2) is 60.9 Å². The first-order chi connectivity index (χ1) is 25.3. The number of aryl methyl sites for hydroxylation is 1. The predicted octanol–water partition coefficient (Wildman–Crippen LogP) is 3.66. The van der Waals surface area contributed by atoms with Gasteiger partial charge >= 0.3 is 0 Å². The van der Waals surface area contributed by atoms with E-state index in [2.05, 4.69) is 43.8 Å². The lowest BCUT2D eigenvalue weighted by atomic mass is 10.0. The highest BCUT2D eigenvalue weighted by atomic mass is 32.1. The van der Waals surface area contributed by atoms with Gasteiger partial charge in [-0.15, -0.1) is 21.5 Å². The Labute approximate surface area is 302 Å².